The van der Waals surface area contributed by atoms with Crippen molar-refractivity contribution in [1.29, 1.82) is 0 Å². The SMILES string of the molecule is CCN(CC)C(CNC(=O)CSc1nnc(C)n1-c1cc(C)ccc1C)c1cccc(OC)c1. The van der Waals surface area contributed by atoms with E-state index in [-0.39, 0.29) is 17.7 Å². The standard InChI is InChI=1S/C26H35N5O2S/c1-7-30(8-2)24(21-10-9-11-22(15-21)33-6)16-27-25(32)17-34-26-29-28-20(5)31(26)23-14-18(3)12-13-19(23)4/h9-15,24H,7-8,16-17H2,1-6H3,(H,27,32). The van der Waals surface area contributed by atoms with Crippen LogP contribution >= 0.6 is 11.8 Å². The molecule has 182 valence electrons. The van der Waals surface area contributed by atoms with Gasteiger partial charge in [0.2, 0.25) is 5.91 Å². The number of nitrogens with one attached hydrogen (secondary N) is 1. The minimum Gasteiger partial charge on any atom is -0.497 e. The molecule has 1 atom stereocenters. The highest BCUT2D eigenvalue weighted by molar-refractivity contribution is 7.99. The summed E-state index contributed by atoms with van der Waals surface area (Å²) in [5.74, 6) is 1.86. The second-order valence-corrected chi connectivity index (χ2v) is 9.20. The second kappa shape index (κ2) is 12.0. The molecule has 0 spiro atoms. The summed E-state index contributed by atoms with van der Waals surface area (Å²) in [7, 11) is 1.67. The van der Waals surface area contributed by atoms with Crippen molar-refractivity contribution in [3.63, 3.8) is 0 Å². The number of hydrogen-bond donors (Lipinski definition) is 1. The minimum atomic E-state index is -0.0294. The summed E-state index contributed by atoms with van der Waals surface area (Å²) < 4.78 is 7.43. The number of rotatable bonds is 11. The van der Waals surface area contributed by atoms with Crippen LogP contribution in [0.5, 0.6) is 5.75 Å². The number of amides is 1. The van der Waals surface area contributed by atoms with Gasteiger partial charge in [0.05, 0.1) is 24.6 Å². The fraction of sp³-hybridized carbons (Fsp3) is 0.423. The molecule has 0 radical (unpaired) electrons. The van der Waals surface area contributed by atoms with E-state index >= 15 is 0 Å². The largest absolute Gasteiger partial charge is 0.497 e. The van der Waals surface area contributed by atoms with Crippen molar-refractivity contribution >= 4 is 17.7 Å². The van der Waals surface area contributed by atoms with Crippen molar-refractivity contribution in [1.82, 2.24) is 25.0 Å². The predicted molar refractivity (Wildman–Crippen MR) is 138 cm³/mol. The lowest BCUT2D eigenvalue weighted by molar-refractivity contribution is -0.118. The number of methoxy groups -OCH3 is 1. The Hall–Kier alpha value is -2.84. The molecule has 0 aliphatic rings. The van der Waals surface area contributed by atoms with Crippen LogP contribution < -0.4 is 10.1 Å². The Balaban J connectivity index is 1.69. The number of likely N-dealkylation sites (N-methyl/N-ethyl adjacent to an activating group) is 1. The molecule has 1 heterocycles. The average molecular weight is 482 g/mol. The molecule has 3 aromatic rings. The number of ether oxygens (including phenoxy) is 1. The van der Waals surface area contributed by atoms with Gasteiger partial charge in [0, 0.05) is 6.54 Å². The summed E-state index contributed by atoms with van der Waals surface area (Å²) in [5.41, 5.74) is 4.48. The van der Waals surface area contributed by atoms with Gasteiger partial charge < -0.3 is 10.1 Å². The van der Waals surface area contributed by atoms with Gasteiger partial charge >= 0.3 is 0 Å². The number of nitrogens with zero attached hydrogens (tertiary/aromatic N) is 4. The van der Waals surface area contributed by atoms with E-state index in [4.69, 9.17) is 4.74 Å². The zero-order valence-electron chi connectivity index (χ0n) is 21.0. The van der Waals surface area contributed by atoms with Crippen LogP contribution in [-0.2, 0) is 4.79 Å². The van der Waals surface area contributed by atoms with Gasteiger partial charge in [0.1, 0.15) is 11.6 Å². The third kappa shape index (κ3) is 6.18. The molecule has 7 nitrogen and oxygen atoms in total. The van der Waals surface area contributed by atoms with Crippen molar-refractivity contribution in [3.05, 3.63) is 65.0 Å². The topological polar surface area (TPSA) is 72.3 Å². The fourth-order valence-corrected chi connectivity index (χ4v) is 4.86. The number of aromatic nitrogens is 3. The van der Waals surface area contributed by atoms with E-state index in [2.05, 4.69) is 72.4 Å². The van der Waals surface area contributed by atoms with Gasteiger partial charge in [-0.05, 0) is 68.8 Å². The van der Waals surface area contributed by atoms with Crippen molar-refractivity contribution < 1.29 is 9.53 Å². The highest BCUT2D eigenvalue weighted by Crippen LogP contribution is 2.26. The summed E-state index contributed by atoms with van der Waals surface area (Å²) >= 11 is 1.40. The Morgan fingerprint density at radius 1 is 1.12 bits per heavy atom. The first kappa shape index (κ1) is 25.8. The van der Waals surface area contributed by atoms with Crippen LogP contribution in [0.4, 0.5) is 0 Å². The quantitative estimate of drug-likeness (QED) is 0.407. The predicted octanol–water partition coefficient (Wildman–Crippen LogP) is 4.49. The minimum absolute atomic E-state index is 0.0294. The zero-order chi connectivity index (χ0) is 24.7. The number of hydrogen-bond acceptors (Lipinski definition) is 6. The smallest absolute Gasteiger partial charge is 0.230 e. The molecule has 8 heteroatoms. The Morgan fingerprint density at radius 3 is 2.59 bits per heavy atom. The normalized spacial score (nSPS) is 12.1. The maximum Gasteiger partial charge on any atom is 0.230 e. The monoisotopic (exact) mass is 481 g/mol. The second-order valence-electron chi connectivity index (χ2n) is 8.26. The molecule has 1 aromatic heterocycles. The lowest BCUT2D eigenvalue weighted by Crippen LogP contribution is -2.38. The molecule has 0 saturated carbocycles. The van der Waals surface area contributed by atoms with Crippen molar-refractivity contribution in [2.75, 3.05) is 32.5 Å². The molecule has 0 saturated heterocycles. The average Bonchev–Trinajstić information content (AvgIpc) is 3.21. The van der Waals surface area contributed by atoms with Crippen LogP contribution in [0, 0.1) is 20.8 Å². The molecule has 0 aliphatic heterocycles. The maximum absolute atomic E-state index is 12.8. The van der Waals surface area contributed by atoms with Gasteiger partial charge in [-0.3, -0.25) is 14.3 Å². The summed E-state index contributed by atoms with van der Waals surface area (Å²) in [6.07, 6.45) is 0. The Morgan fingerprint density at radius 2 is 1.88 bits per heavy atom. The molecule has 34 heavy (non-hydrogen) atoms. The van der Waals surface area contributed by atoms with E-state index < -0.39 is 0 Å². The highest BCUT2D eigenvalue weighted by atomic mass is 32.2. The van der Waals surface area contributed by atoms with Crippen molar-refractivity contribution in [2.45, 2.75) is 45.8 Å². The van der Waals surface area contributed by atoms with Crippen LogP contribution in [0.25, 0.3) is 5.69 Å². The third-order valence-electron chi connectivity index (χ3n) is 5.96. The summed E-state index contributed by atoms with van der Waals surface area (Å²) in [4.78, 5) is 15.2. The van der Waals surface area contributed by atoms with Gasteiger partial charge in [-0.1, -0.05) is 49.9 Å². The van der Waals surface area contributed by atoms with Gasteiger partial charge in [-0.2, -0.15) is 0 Å². The first-order valence-corrected chi connectivity index (χ1v) is 12.6. The first-order valence-electron chi connectivity index (χ1n) is 11.6. The molecule has 0 fully saturated rings. The molecule has 1 unspecified atom stereocenters. The molecule has 0 aliphatic carbocycles. The lowest BCUT2D eigenvalue weighted by Gasteiger charge is -2.30. The van der Waals surface area contributed by atoms with E-state index in [0.29, 0.717) is 6.54 Å². The van der Waals surface area contributed by atoms with E-state index in [1.54, 1.807) is 7.11 Å². The first-order chi connectivity index (χ1) is 16.4. The van der Waals surface area contributed by atoms with Crippen molar-refractivity contribution in [2.24, 2.45) is 0 Å². The molecular formula is C26H35N5O2S. The summed E-state index contributed by atoms with van der Waals surface area (Å²) in [6, 6.07) is 14.4. The zero-order valence-corrected chi connectivity index (χ0v) is 21.8. The number of thioether (sulfide) groups is 1. The molecular weight excluding hydrogens is 446 g/mol. The Bertz CT molecular complexity index is 1110. The summed E-state index contributed by atoms with van der Waals surface area (Å²) in [5, 5.41) is 12.4. The number of aryl methyl sites for hydroxylation is 3. The molecule has 1 amide bonds. The van der Waals surface area contributed by atoms with Crippen LogP contribution in [0.1, 0.15) is 42.4 Å². The fourth-order valence-electron chi connectivity index (χ4n) is 4.04. The molecule has 0 bridgehead atoms. The molecule has 1 N–H and O–H groups in total. The third-order valence-corrected chi connectivity index (χ3v) is 6.89. The number of carbonyl (C=O) groups is 1. The van der Waals surface area contributed by atoms with Crippen LogP contribution in [0.2, 0.25) is 0 Å². The maximum atomic E-state index is 12.8. The van der Waals surface area contributed by atoms with Crippen molar-refractivity contribution in [3.8, 4) is 11.4 Å². The van der Waals surface area contributed by atoms with Gasteiger partial charge in [-0.25, -0.2) is 0 Å². The summed E-state index contributed by atoms with van der Waals surface area (Å²) in [6.45, 7) is 12.6. The van der Waals surface area contributed by atoms with E-state index in [0.717, 1.165) is 46.6 Å². The molecule has 3 rings (SSSR count). The lowest BCUT2D eigenvalue weighted by atomic mass is 10.0. The van der Waals surface area contributed by atoms with E-state index in [1.165, 1.54) is 17.3 Å². The highest BCUT2D eigenvalue weighted by Gasteiger charge is 2.20. The van der Waals surface area contributed by atoms with Gasteiger partial charge in [0.25, 0.3) is 0 Å². The van der Waals surface area contributed by atoms with Crippen LogP contribution in [0.15, 0.2) is 47.6 Å². The van der Waals surface area contributed by atoms with Gasteiger partial charge in [0.15, 0.2) is 5.16 Å². The molecule has 2 aromatic carbocycles. The van der Waals surface area contributed by atoms with Crippen LogP contribution in [0.3, 0.4) is 0 Å². The Kier molecular flexibility index (Phi) is 9.12. The van der Waals surface area contributed by atoms with E-state index in [1.807, 2.05) is 29.7 Å². The van der Waals surface area contributed by atoms with Gasteiger partial charge in [-0.15, -0.1) is 10.2 Å². The number of benzene rings is 2. The number of carbonyl (C=O) groups excluding carboxylic acids is 1. The Labute approximate surface area is 206 Å². The van der Waals surface area contributed by atoms with Crippen LogP contribution in [-0.4, -0.2) is 58.1 Å². The van der Waals surface area contributed by atoms with E-state index in [9.17, 15) is 4.79 Å².